The summed E-state index contributed by atoms with van der Waals surface area (Å²) in [7, 11) is 0. The highest BCUT2D eigenvalue weighted by molar-refractivity contribution is 6.01. The normalized spacial score (nSPS) is 12.1. The number of benzene rings is 3. The molecule has 1 N–H and O–H groups in total. The third-order valence-corrected chi connectivity index (χ3v) is 4.88. The first kappa shape index (κ1) is 24.2. The number of amides is 1. The fourth-order valence-corrected chi connectivity index (χ4v) is 3.04. The number of hydrogen-bond acceptors (Lipinski definition) is 7. The smallest absolute Gasteiger partial charge is 0.339 e. The number of carbonyl (C=O) groups excluding carboxylic acids is 4. The highest BCUT2D eigenvalue weighted by Crippen LogP contribution is 2.16. The lowest BCUT2D eigenvalue weighted by atomic mass is 10.1. The second-order valence-corrected chi connectivity index (χ2v) is 7.24. The summed E-state index contributed by atoms with van der Waals surface area (Å²) in [6.07, 6.45) is -3.43. The van der Waals surface area contributed by atoms with Crippen molar-refractivity contribution in [3.8, 4) is 0 Å². The maximum absolute atomic E-state index is 13.0. The standard InChI is InChI=1S/C26H23NO7/c1-2-17-13-15-20(16-14-17)27-23(28)21(33-25(31)18-9-5-3-6-10-18)22(24(29)30)34-26(32)19-11-7-4-8-12-19/h3-16,21-22H,2H2,1H3,(H,27,28)(H,29,30)/p-1/t21-,22+/m1/s1. The molecule has 0 heterocycles. The number of aliphatic carboxylic acids is 1. The Bertz CT molecular complexity index is 1140. The molecule has 8 nitrogen and oxygen atoms in total. The van der Waals surface area contributed by atoms with Crippen LogP contribution in [0.5, 0.6) is 0 Å². The fourth-order valence-electron chi connectivity index (χ4n) is 3.04. The maximum Gasteiger partial charge on any atom is 0.339 e. The van der Waals surface area contributed by atoms with Crippen LogP contribution in [0.2, 0.25) is 0 Å². The number of carboxylic acid groups (broad SMARTS) is 1. The molecule has 0 aromatic heterocycles. The zero-order valence-corrected chi connectivity index (χ0v) is 18.3. The molecule has 174 valence electrons. The molecule has 3 rings (SSSR count). The lowest BCUT2D eigenvalue weighted by Crippen LogP contribution is -2.52. The summed E-state index contributed by atoms with van der Waals surface area (Å²) in [5, 5.41) is 14.4. The Balaban J connectivity index is 1.88. The Morgan fingerprint density at radius 2 is 1.21 bits per heavy atom. The predicted molar refractivity (Wildman–Crippen MR) is 121 cm³/mol. The molecule has 0 bridgehead atoms. The van der Waals surface area contributed by atoms with Gasteiger partial charge in [-0.3, -0.25) is 4.79 Å². The monoisotopic (exact) mass is 460 g/mol. The van der Waals surface area contributed by atoms with E-state index in [1.165, 1.54) is 24.3 Å². The van der Waals surface area contributed by atoms with Crippen LogP contribution in [0.1, 0.15) is 33.2 Å². The minimum absolute atomic E-state index is 0.0532. The van der Waals surface area contributed by atoms with Gasteiger partial charge in [0.2, 0.25) is 6.10 Å². The largest absolute Gasteiger partial charge is 0.546 e. The van der Waals surface area contributed by atoms with Crippen LogP contribution in [0.15, 0.2) is 84.9 Å². The SMILES string of the molecule is CCc1ccc(NC(=O)[C@H](OC(=O)c2ccccc2)[C@H](OC(=O)c2ccccc2)C(=O)[O-])cc1. The van der Waals surface area contributed by atoms with Crippen LogP contribution in [0, 0.1) is 0 Å². The molecule has 0 aliphatic rings. The van der Waals surface area contributed by atoms with Gasteiger partial charge in [0.15, 0.2) is 6.10 Å². The number of carboxylic acids is 1. The first-order chi connectivity index (χ1) is 16.4. The number of rotatable bonds is 9. The number of nitrogens with one attached hydrogen (secondary N) is 1. The second-order valence-electron chi connectivity index (χ2n) is 7.24. The molecule has 1 amide bonds. The molecule has 0 aliphatic heterocycles. The van der Waals surface area contributed by atoms with E-state index in [2.05, 4.69) is 5.32 Å². The van der Waals surface area contributed by atoms with Gasteiger partial charge in [0.25, 0.3) is 5.91 Å². The zero-order valence-electron chi connectivity index (χ0n) is 18.3. The first-order valence-electron chi connectivity index (χ1n) is 10.5. The molecule has 3 aromatic rings. The van der Waals surface area contributed by atoms with Crippen molar-refractivity contribution in [3.05, 3.63) is 102 Å². The fraction of sp³-hybridized carbons (Fsp3) is 0.154. The molecule has 0 aliphatic carbocycles. The average Bonchev–Trinajstić information content (AvgIpc) is 2.87. The van der Waals surface area contributed by atoms with Crippen LogP contribution in [0.25, 0.3) is 0 Å². The molecule has 34 heavy (non-hydrogen) atoms. The number of esters is 2. The number of ether oxygens (including phenoxy) is 2. The van der Waals surface area contributed by atoms with Crippen LogP contribution in [-0.2, 0) is 25.5 Å². The zero-order chi connectivity index (χ0) is 24.5. The molecule has 0 saturated carbocycles. The van der Waals surface area contributed by atoms with Gasteiger partial charge in [0.1, 0.15) is 0 Å². The topological polar surface area (TPSA) is 122 Å². The van der Waals surface area contributed by atoms with E-state index in [-0.39, 0.29) is 11.1 Å². The maximum atomic E-state index is 13.0. The summed E-state index contributed by atoms with van der Waals surface area (Å²) in [6, 6.07) is 22.1. The van der Waals surface area contributed by atoms with Gasteiger partial charge < -0.3 is 24.7 Å². The minimum Gasteiger partial charge on any atom is -0.546 e. The third kappa shape index (κ3) is 6.29. The van der Waals surface area contributed by atoms with Crippen molar-refractivity contribution in [2.75, 3.05) is 5.32 Å². The Morgan fingerprint density at radius 3 is 1.65 bits per heavy atom. The third-order valence-electron chi connectivity index (χ3n) is 4.88. The van der Waals surface area contributed by atoms with Crippen molar-refractivity contribution in [3.63, 3.8) is 0 Å². The Labute approximate surface area is 196 Å². The summed E-state index contributed by atoms with van der Waals surface area (Å²) >= 11 is 0. The van der Waals surface area contributed by atoms with Gasteiger partial charge in [-0.1, -0.05) is 55.5 Å². The molecular weight excluding hydrogens is 438 g/mol. The molecule has 0 spiro atoms. The van der Waals surface area contributed by atoms with E-state index in [4.69, 9.17) is 9.47 Å². The highest BCUT2D eigenvalue weighted by atomic mass is 16.6. The summed E-state index contributed by atoms with van der Waals surface area (Å²) < 4.78 is 10.3. The van der Waals surface area contributed by atoms with E-state index in [0.29, 0.717) is 5.69 Å². The molecule has 0 saturated heterocycles. The molecule has 2 atom stereocenters. The second kappa shape index (κ2) is 11.4. The van der Waals surface area contributed by atoms with Crippen molar-refractivity contribution in [2.24, 2.45) is 0 Å². The lowest BCUT2D eigenvalue weighted by molar-refractivity contribution is -0.317. The van der Waals surface area contributed by atoms with Gasteiger partial charge in [0.05, 0.1) is 17.1 Å². The van der Waals surface area contributed by atoms with E-state index >= 15 is 0 Å². The number of aryl methyl sites for hydroxylation is 1. The van der Waals surface area contributed by atoms with E-state index in [9.17, 15) is 24.3 Å². The van der Waals surface area contributed by atoms with E-state index in [0.717, 1.165) is 12.0 Å². The van der Waals surface area contributed by atoms with Crippen LogP contribution >= 0.6 is 0 Å². The summed E-state index contributed by atoms with van der Waals surface area (Å²) in [5.41, 5.74) is 1.50. The average molecular weight is 460 g/mol. The Kier molecular flexibility index (Phi) is 8.12. The number of anilines is 1. The molecule has 0 unspecified atom stereocenters. The van der Waals surface area contributed by atoms with Crippen molar-refractivity contribution in [2.45, 2.75) is 25.6 Å². The van der Waals surface area contributed by atoms with Crippen molar-refractivity contribution < 1.29 is 33.8 Å². The summed E-state index contributed by atoms with van der Waals surface area (Å²) in [6.45, 7) is 1.97. The van der Waals surface area contributed by atoms with Crippen LogP contribution < -0.4 is 10.4 Å². The molecule has 3 aromatic carbocycles. The first-order valence-corrected chi connectivity index (χ1v) is 10.5. The van der Waals surface area contributed by atoms with E-state index in [1.807, 2.05) is 6.92 Å². The molecular formula is C26H22NO7-. The van der Waals surface area contributed by atoms with Crippen LogP contribution in [0.4, 0.5) is 5.69 Å². The lowest BCUT2D eigenvalue weighted by Gasteiger charge is -2.27. The van der Waals surface area contributed by atoms with Crippen LogP contribution in [-0.4, -0.2) is 36.0 Å². The van der Waals surface area contributed by atoms with E-state index in [1.54, 1.807) is 60.7 Å². The van der Waals surface area contributed by atoms with Crippen molar-refractivity contribution >= 4 is 29.5 Å². The molecule has 0 radical (unpaired) electrons. The minimum atomic E-state index is -2.20. The van der Waals surface area contributed by atoms with Crippen molar-refractivity contribution in [1.82, 2.24) is 0 Å². The number of hydrogen-bond donors (Lipinski definition) is 1. The molecule has 8 heteroatoms. The van der Waals surface area contributed by atoms with E-state index < -0.39 is 36.0 Å². The van der Waals surface area contributed by atoms with Gasteiger partial charge in [-0.15, -0.1) is 0 Å². The summed E-state index contributed by atoms with van der Waals surface area (Å²) in [4.78, 5) is 50.0. The highest BCUT2D eigenvalue weighted by Gasteiger charge is 2.37. The predicted octanol–water partition coefficient (Wildman–Crippen LogP) is 2.39. The van der Waals surface area contributed by atoms with Gasteiger partial charge in [-0.2, -0.15) is 0 Å². The van der Waals surface area contributed by atoms with Crippen molar-refractivity contribution in [1.29, 1.82) is 0 Å². The van der Waals surface area contributed by atoms with Gasteiger partial charge >= 0.3 is 11.9 Å². The van der Waals surface area contributed by atoms with Gasteiger partial charge in [-0.25, -0.2) is 9.59 Å². The Morgan fingerprint density at radius 1 is 0.735 bits per heavy atom. The summed E-state index contributed by atoms with van der Waals surface area (Å²) in [5.74, 6) is -4.88. The van der Waals surface area contributed by atoms with Crippen LogP contribution in [0.3, 0.4) is 0 Å². The quantitative estimate of drug-likeness (QED) is 0.487. The Hall–Kier alpha value is -4.46. The van der Waals surface area contributed by atoms with Gasteiger partial charge in [-0.05, 0) is 48.4 Å². The molecule has 0 fully saturated rings. The number of carbonyl (C=O) groups is 4. The van der Waals surface area contributed by atoms with Gasteiger partial charge in [0, 0.05) is 5.69 Å².